The number of hydrogen-bond donors (Lipinski definition) is 2. The molecule has 2 aliphatic heterocycles. The molecule has 2 N–H and O–H groups in total. The van der Waals surface area contributed by atoms with Gasteiger partial charge >= 0.3 is 0 Å². The van der Waals surface area contributed by atoms with Crippen molar-refractivity contribution in [2.75, 3.05) is 26.2 Å². The SMILES string of the molecule is O=C(NC1CCN(CC2CCCO2)CC1)c1cn[nH]c1. The Hall–Kier alpha value is -1.40. The van der Waals surface area contributed by atoms with E-state index in [1.807, 2.05) is 0 Å². The summed E-state index contributed by atoms with van der Waals surface area (Å²) in [5.74, 6) is -0.0312. The van der Waals surface area contributed by atoms with Gasteiger partial charge in [-0.15, -0.1) is 0 Å². The van der Waals surface area contributed by atoms with Gasteiger partial charge in [0, 0.05) is 38.5 Å². The van der Waals surface area contributed by atoms with Crippen molar-refractivity contribution < 1.29 is 9.53 Å². The van der Waals surface area contributed by atoms with Crippen LogP contribution in [-0.2, 0) is 4.74 Å². The van der Waals surface area contributed by atoms with Gasteiger partial charge in [-0.2, -0.15) is 5.10 Å². The van der Waals surface area contributed by atoms with E-state index in [1.54, 1.807) is 12.4 Å². The summed E-state index contributed by atoms with van der Waals surface area (Å²) in [5, 5.41) is 9.54. The molecule has 2 fully saturated rings. The fourth-order valence-electron chi connectivity index (χ4n) is 2.98. The van der Waals surface area contributed by atoms with Crippen LogP contribution in [0.15, 0.2) is 12.4 Å². The van der Waals surface area contributed by atoms with E-state index in [0.717, 1.165) is 39.1 Å². The number of H-pyrrole nitrogens is 1. The Balaban J connectivity index is 1.40. The number of carbonyl (C=O) groups excluding carboxylic acids is 1. The smallest absolute Gasteiger partial charge is 0.254 e. The second-order valence-corrected chi connectivity index (χ2v) is 5.67. The first-order valence-electron chi connectivity index (χ1n) is 7.45. The van der Waals surface area contributed by atoms with Crippen LogP contribution >= 0.6 is 0 Å². The molecule has 0 bridgehead atoms. The van der Waals surface area contributed by atoms with Crippen molar-refractivity contribution in [2.45, 2.75) is 37.8 Å². The minimum Gasteiger partial charge on any atom is -0.377 e. The van der Waals surface area contributed by atoms with E-state index >= 15 is 0 Å². The third-order valence-electron chi connectivity index (χ3n) is 4.17. The second kappa shape index (κ2) is 6.37. The Morgan fingerprint density at radius 2 is 2.30 bits per heavy atom. The molecule has 1 aromatic heterocycles. The predicted octanol–water partition coefficient (Wildman–Crippen LogP) is 0.783. The summed E-state index contributed by atoms with van der Waals surface area (Å²) in [6.45, 7) is 4.04. The lowest BCUT2D eigenvalue weighted by Gasteiger charge is -2.33. The highest BCUT2D eigenvalue weighted by atomic mass is 16.5. The molecule has 3 heterocycles. The summed E-state index contributed by atoms with van der Waals surface area (Å²) in [5.41, 5.74) is 0.604. The first-order chi connectivity index (χ1) is 9.81. The molecule has 6 nitrogen and oxygen atoms in total. The van der Waals surface area contributed by atoms with E-state index in [9.17, 15) is 4.79 Å². The molecule has 0 radical (unpaired) electrons. The van der Waals surface area contributed by atoms with Crippen LogP contribution in [0.2, 0.25) is 0 Å². The molecule has 1 amide bonds. The van der Waals surface area contributed by atoms with Crippen molar-refractivity contribution in [3.63, 3.8) is 0 Å². The number of aromatic nitrogens is 2. The molecule has 0 spiro atoms. The van der Waals surface area contributed by atoms with Crippen LogP contribution in [-0.4, -0.2) is 59.4 Å². The van der Waals surface area contributed by atoms with Gasteiger partial charge in [0.1, 0.15) is 0 Å². The summed E-state index contributed by atoms with van der Waals surface area (Å²) in [7, 11) is 0. The van der Waals surface area contributed by atoms with Crippen molar-refractivity contribution in [3.8, 4) is 0 Å². The van der Waals surface area contributed by atoms with Crippen molar-refractivity contribution in [1.29, 1.82) is 0 Å². The van der Waals surface area contributed by atoms with Gasteiger partial charge in [0.15, 0.2) is 0 Å². The van der Waals surface area contributed by atoms with Crippen LogP contribution in [0.5, 0.6) is 0 Å². The first-order valence-corrected chi connectivity index (χ1v) is 7.45. The van der Waals surface area contributed by atoms with Gasteiger partial charge in [0.25, 0.3) is 5.91 Å². The van der Waals surface area contributed by atoms with E-state index in [4.69, 9.17) is 4.74 Å². The number of likely N-dealkylation sites (tertiary alicyclic amines) is 1. The lowest BCUT2D eigenvalue weighted by molar-refractivity contribution is 0.0613. The number of piperidine rings is 1. The summed E-state index contributed by atoms with van der Waals surface area (Å²) < 4.78 is 5.67. The molecule has 110 valence electrons. The van der Waals surface area contributed by atoms with Crippen molar-refractivity contribution in [1.82, 2.24) is 20.4 Å². The average molecular weight is 278 g/mol. The highest BCUT2D eigenvalue weighted by molar-refractivity contribution is 5.93. The standard InChI is InChI=1S/C14H22N4O2/c19-14(11-8-15-16-9-11)17-12-3-5-18(6-4-12)10-13-2-1-7-20-13/h8-9,12-13H,1-7,10H2,(H,15,16)(H,17,19). The second-order valence-electron chi connectivity index (χ2n) is 5.67. The van der Waals surface area contributed by atoms with Crippen LogP contribution in [0, 0.1) is 0 Å². The van der Waals surface area contributed by atoms with E-state index in [2.05, 4.69) is 20.4 Å². The number of carbonyl (C=O) groups is 1. The number of ether oxygens (including phenoxy) is 1. The van der Waals surface area contributed by atoms with Gasteiger partial charge in [0.05, 0.1) is 17.9 Å². The molecule has 1 atom stereocenters. The lowest BCUT2D eigenvalue weighted by Crippen LogP contribution is -2.46. The number of aromatic amines is 1. The molecule has 2 aliphatic rings. The van der Waals surface area contributed by atoms with Crippen molar-refractivity contribution >= 4 is 5.91 Å². The fourth-order valence-corrected chi connectivity index (χ4v) is 2.98. The molecule has 6 heteroatoms. The number of amides is 1. The fraction of sp³-hybridized carbons (Fsp3) is 0.714. The Morgan fingerprint density at radius 3 is 2.95 bits per heavy atom. The van der Waals surface area contributed by atoms with Crippen molar-refractivity contribution in [2.24, 2.45) is 0 Å². The molecule has 1 unspecified atom stereocenters. The average Bonchev–Trinajstić information content (AvgIpc) is 3.13. The molecule has 0 aliphatic carbocycles. The molecule has 20 heavy (non-hydrogen) atoms. The Morgan fingerprint density at radius 1 is 1.45 bits per heavy atom. The Kier molecular flexibility index (Phi) is 4.32. The van der Waals surface area contributed by atoms with Crippen LogP contribution in [0.25, 0.3) is 0 Å². The maximum absolute atomic E-state index is 11.9. The predicted molar refractivity (Wildman–Crippen MR) is 74.5 cm³/mol. The van der Waals surface area contributed by atoms with Gasteiger partial charge in [0.2, 0.25) is 0 Å². The number of nitrogens with zero attached hydrogens (tertiary/aromatic N) is 2. The van der Waals surface area contributed by atoms with Gasteiger partial charge < -0.3 is 15.0 Å². The zero-order valence-corrected chi connectivity index (χ0v) is 11.7. The third-order valence-corrected chi connectivity index (χ3v) is 4.17. The topological polar surface area (TPSA) is 70.2 Å². The maximum Gasteiger partial charge on any atom is 0.254 e. The number of rotatable bonds is 4. The summed E-state index contributed by atoms with van der Waals surface area (Å²) in [6.07, 6.45) is 8.02. The van der Waals surface area contributed by atoms with Gasteiger partial charge in [-0.1, -0.05) is 0 Å². The minimum absolute atomic E-state index is 0.0312. The maximum atomic E-state index is 11.9. The lowest BCUT2D eigenvalue weighted by atomic mass is 10.0. The third kappa shape index (κ3) is 3.37. The Labute approximate surface area is 118 Å². The van der Waals surface area contributed by atoms with Crippen LogP contribution in [0.1, 0.15) is 36.0 Å². The summed E-state index contributed by atoms with van der Waals surface area (Å²) in [4.78, 5) is 14.4. The van der Waals surface area contributed by atoms with E-state index < -0.39 is 0 Å². The molecular formula is C14H22N4O2. The van der Waals surface area contributed by atoms with Crippen LogP contribution < -0.4 is 5.32 Å². The largest absolute Gasteiger partial charge is 0.377 e. The summed E-state index contributed by atoms with van der Waals surface area (Å²) in [6, 6.07) is 0.276. The molecule has 1 aromatic rings. The first kappa shape index (κ1) is 13.6. The van der Waals surface area contributed by atoms with E-state index in [0.29, 0.717) is 11.7 Å². The monoisotopic (exact) mass is 278 g/mol. The minimum atomic E-state index is -0.0312. The summed E-state index contributed by atoms with van der Waals surface area (Å²) >= 11 is 0. The van der Waals surface area contributed by atoms with Crippen LogP contribution in [0.4, 0.5) is 0 Å². The molecule has 0 aromatic carbocycles. The van der Waals surface area contributed by atoms with Crippen molar-refractivity contribution in [3.05, 3.63) is 18.0 Å². The number of nitrogens with one attached hydrogen (secondary N) is 2. The van der Waals surface area contributed by atoms with E-state index in [-0.39, 0.29) is 11.9 Å². The van der Waals surface area contributed by atoms with Gasteiger partial charge in [-0.25, -0.2) is 0 Å². The zero-order chi connectivity index (χ0) is 13.8. The normalized spacial score (nSPS) is 24.9. The zero-order valence-electron chi connectivity index (χ0n) is 11.7. The Bertz CT molecular complexity index is 420. The number of hydrogen-bond acceptors (Lipinski definition) is 4. The van der Waals surface area contributed by atoms with E-state index in [1.165, 1.54) is 12.8 Å². The van der Waals surface area contributed by atoms with Gasteiger partial charge in [-0.05, 0) is 25.7 Å². The van der Waals surface area contributed by atoms with Gasteiger partial charge in [-0.3, -0.25) is 9.89 Å². The molecule has 0 saturated carbocycles. The quantitative estimate of drug-likeness (QED) is 0.854. The molecule has 2 saturated heterocycles. The van der Waals surface area contributed by atoms with Crippen LogP contribution in [0.3, 0.4) is 0 Å². The molecule has 3 rings (SSSR count). The highest BCUT2D eigenvalue weighted by Crippen LogP contribution is 2.17. The highest BCUT2D eigenvalue weighted by Gasteiger charge is 2.24. The molecular weight excluding hydrogens is 256 g/mol.